The van der Waals surface area contributed by atoms with Crippen LogP contribution in [0.5, 0.6) is 0 Å². The van der Waals surface area contributed by atoms with E-state index in [1.165, 1.54) is 6.07 Å². The van der Waals surface area contributed by atoms with Crippen molar-refractivity contribution < 1.29 is 9.50 Å². The highest BCUT2D eigenvalue weighted by molar-refractivity contribution is 5.21. The molecule has 0 radical (unpaired) electrons. The molecule has 1 aliphatic rings. The Hall–Kier alpha value is -0.970. The molecule has 0 aliphatic carbocycles. The number of hydrogen-bond acceptors (Lipinski definition) is 3. The summed E-state index contributed by atoms with van der Waals surface area (Å²) in [4.78, 5) is 2.38. The van der Waals surface area contributed by atoms with Gasteiger partial charge >= 0.3 is 0 Å². The third-order valence-electron chi connectivity index (χ3n) is 3.98. The maximum absolute atomic E-state index is 13.4. The quantitative estimate of drug-likeness (QED) is 0.828. The van der Waals surface area contributed by atoms with E-state index in [1.54, 1.807) is 12.1 Å². The Kier molecular flexibility index (Phi) is 5.31. The standard InChI is InChI=1S/C15H23FN2O/c16-13-5-1-4-12(10-13)15(11-17)18-8-2-6-14(18)7-3-9-19/h1,4-5,10,14-15,19H,2-3,6-9,11,17H2. The van der Waals surface area contributed by atoms with Crippen molar-refractivity contribution in [1.82, 2.24) is 4.90 Å². The highest BCUT2D eigenvalue weighted by Gasteiger charge is 2.30. The molecule has 1 saturated heterocycles. The zero-order valence-electron chi connectivity index (χ0n) is 11.3. The van der Waals surface area contributed by atoms with E-state index in [4.69, 9.17) is 10.8 Å². The Morgan fingerprint density at radius 3 is 3.00 bits per heavy atom. The largest absolute Gasteiger partial charge is 0.396 e. The van der Waals surface area contributed by atoms with Crippen LogP contribution in [0, 0.1) is 5.82 Å². The molecule has 0 amide bonds. The van der Waals surface area contributed by atoms with Gasteiger partial charge in [0.05, 0.1) is 0 Å². The van der Waals surface area contributed by atoms with Gasteiger partial charge in [-0.25, -0.2) is 4.39 Å². The van der Waals surface area contributed by atoms with Gasteiger partial charge in [0.25, 0.3) is 0 Å². The molecule has 2 atom stereocenters. The summed E-state index contributed by atoms with van der Waals surface area (Å²) in [5.41, 5.74) is 6.87. The lowest BCUT2D eigenvalue weighted by Crippen LogP contribution is -2.37. The molecule has 2 rings (SSSR count). The van der Waals surface area contributed by atoms with Gasteiger partial charge in [-0.05, 0) is 49.9 Å². The van der Waals surface area contributed by atoms with E-state index >= 15 is 0 Å². The van der Waals surface area contributed by atoms with Crippen molar-refractivity contribution in [2.24, 2.45) is 5.73 Å². The monoisotopic (exact) mass is 266 g/mol. The van der Waals surface area contributed by atoms with E-state index in [9.17, 15) is 4.39 Å². The summed E-state index contributed by atoms with van der Waals surface area (Å²) in [7, 11) is 0. The molecule has 1 heterocycles. The molecular weight excluding hydrogens is 243 g/mol. The molecule has 0 aromatic heterocycles. The van der Waals surface area contributed by atoms with E-state index in [2.05, 4.69) is 4.90 Å². The number of nitrogens with two attached hydrogens (primary N) is 1. The zero-order chi connectivity index (χ0) is 13.7. The van der Waals surface area contributed by atoms with Crippen LogP contribution in [-0.4, -0.2) is 35.7 Å². The van der Waals surface area contributed by atoms with Gasteiger partial charge in [-0.15, -0.1) is 0 Å². The van der Waals surface area contributed by atoms with Crippen LogP contribution in [-0.2, 0) is 0 Å². The second-order valence-corrected chi connectivity index (χ2v) is 5.21. The molecule has 4 heteroatoms. The van der Waals surface area contributed by atoms with Crippen molar-refractivity contribution in [1.29, 1.82) is 0 Å². The molecule has 3 nitrogen and oxygen atoms in total. The van der Waals surface area contributed by atoms with Gasteiger partial charge in [0.15, 0.2) is 0 Å². The van der Waals surface area contributed by atoms with Crippen molar-refractivity contribution >= 4 is 0 Å². The van der Waals surface area contributed by atoms with Crippen molar-refractivity contribution in [3.05, 3.63) is 35.6 Å². The molecule has 0 spiro atoms. The van der Waals surface area contributed by atoms with Gasteiger partial charge in [-0.3, -0.25) is 4.90 Å². The lowest BCUT2D eigenvalue weighted by molar-refractivity contribution is 0.165. The number of rotatable bonds is 6. The highest BCUT2D eigenvalue weighted by Crippen LogP contribution is 2.31. The Morgan fingerprint density at radius 1 is 1.47 bits per heavy atom. The van der Waals surface area contributed by atoms with Gasteiger partial charge in [-0.2, -0.15) is 0 Å². The lowest BCUT2D eigenvalue weighted by Gasteiger charge is -2.32. The normalized spacial score (nSPS) is 21.7. The van der Waals surface area contributed by atoms with Gasteiger partial charge in [0.2, 0.25) is 0 Å². The fourth-order valence-electron chi connectivity index (χ4n) is 3.08. The van der Waals surface area contributed by atoms with Crippen LogP contribution in [0.2, 0.25) is 0 Å². The van der Waals surface area contributed by atoms with Crippen LogP contribution in [0.3, 0.4) is 0 Å². The molecule has 1 aromatic rings. The second-order valence-electron chi connectivity index (χ2n) is 5.21. The summed E-state index contributed by atoms with van der Waals surface area (Å²) >= 11 is 0. The van der Waals surface area contributed by atoms with E-state index in [0.29, 0.717) is 12.6 Å². The zero-order valence-corrected chi connectivity index (χ0v) is 11.3. The molecular formula is C15H23FN2O. The first kappa shape index (κ1) is 14.4. The van der Waals surface area contributed by atoms with Gasteiger partial charge in [0.1, 0.15) is 5.82 Å². The van der Waals surface area contributed by atoms with Crippen LogP contribution in [0.15, 0.2) is 24.3 Å². The lowest BCUT2D eigenvalue weighted by atomic mass is 10.0. The Bertz CT molecular complexity index is 399. The summed E-state index contributed by atoms with van der Waals surface area (Å²) in [6, 6.07) is 7.28. The smallest absolute Gasteiger partial charge is 0.123 e. The predicted molar refractivity (Wildman–Crippen MR) is 74.2 cm³/mol. The third kappa shape index (κ3) is 3.53. The number of likely N-dealkylation sites (tertiary alicyclic amines) is 1. The predicted octanol–water partition coefficient (Wildman–Crippen LogP) is 2.06. The van der Waals surface area contributed by atoms with Crippen LogP contribution in [0.25, 0.3) is 0 Å². The number of benzene rings is 1. The number of aliphatic hydroxyl groups excluding tert-OH is 1. The Morgan fingerprint density at radius 2 is 2.32 bits per heavy atom. The third-order valence-corrected chi connectivity index (χ3v) is 3.98. The van der Waals surface area contributed by atoms with Crippen LogP contribution in [0.1, 0.15) is 37.3 Å². The highest BCUT2D eigenvalue weighted by atomic mass is 19.1. The summed E-state index contributed by atoms with van der Waals surface area (Å²) in [6.45, 7) is 1.74. The van der Waals surface area contributed by atoms with E-state index < -0.39 is 0 Å². The molecule has 0 bridgehead atoms. The Labute approximate surface area is 114 Å². The summed E-state index contributed by atoms with van der Waals surface area (Å²) in [6.07, 6.45) is 4.11. The molecule has 19 heavy (non-hydrogen) atoms. The average molecular weight is 266 g/mol. The summed E-state index contributed by atoms with van der Waals surface area (Å²) in [5.74, 6) is -0.206. The number of hydrogen-bond donors (Lipinski definition) is 2. The first-order valence-corrected chi connectivity index (χ1v) is 7.08. The molecule has 3 N–H and O–H groups in total. The topological polar surface area (TPSA) is 49.5 Å². The van der Waals surface area contributed by atoms with Crippen LogP contribution < -0.4 is 5.73 Å². The molecule has 0 saturated carbocycles. The number of nitrogens with zero attached hydrogens (tertiary/aromatic N) is 1. The van der Waals surface area contributed by atoms with Crippen LogP contribution >= 0.6 is 0 Å². The molecule has 106 valence electrons. The second kappa shape index (κ2) is 6.98. The van der Waals surface area contributed by atoms with E-state index in [-0.39, 0.29) is 18.5 Å². The fourth-order valence-corrected chi connectivity index (χ4v) is 3.08. The summed E-state index contributed by atoms with van der Waals surface area (Å²) in [5, 5.41) is 8.97. The van der Waals surface area contributed by atoms with Crippen molar-refractivity contribution in [2.45, 2.75) is 37.8 Å². The molecule has 1 aliphatic heterocycles. The van der Waals surface area contributed by atoms with Crippen molar-refractivity contribution in [3.8, 4) is 0 Å². The fraction of sp³-hybridized carbons (Fsp3) is 0.600. The molecule has 1 fully saturated rings. The maximum Gasteiger partial charge on any atom is 0.123 e. The molecule has 1 aromatic carbocycles. The maximum atomic E-state index is 13.4. The van der Waals surface area contributed by atoms with E-state index in [1.807, 2.05) is 6.07 Å². The SMILES string of the molecule is NCC(c1cccc(F)c1)N1CCCC1CCCO. The minimum absolute atomic E-state index is 0.0851. The minimum atomic E-state index is -0.206. The van der Waals surface area contributed by atoms with Gasteiger partial charge < -0.3 is 10.8 Å². The first-order chi connectivity index (χ1) is 9.26. The van der Waals surface area contributed by atoms with Crippen LogP contribution in [0.4, 0.5) is 4.39 Å². The minimum Gasteiger partial charge on any atom is -0.396 e. The summed E-state index contributed by atoms with van der Waals surface area (Å²) < 4.78 is 13.4. The number of aliphatic hydroxyl groups is 1. The van der Waals surface area contributed by atoms with Crippen molar-refractivity contribution in [3.63, 3.8) is 0 Å². The van der Waals surface area contributed by atoms with E-state index in [0.717, 1.165) is 37.8 Å². The Balaban J connectivity index is 2.12. The average Bonchev–Trinajstić information content (AvgIpc) is 2.86. The van der Waals surface area contributed by atoms with Gasteiger partial charge in [-0.1, -0.05) is 12.1 Å². The van der Waals surface area contributed by atoms with Crippen molar-refractivity contribution in [2.75, 3.05) is 19.7 Å². The first-order valence-electron chi connectivity index (χ1n) is 7.08. The number of halogens is 1. The molecule has 2 unspecified atom stereocenters. The van der Waals surface area contributed by atoms with Gasteiger partial charge in [0, 0.05) is 25.2 Å².